The minimum absolute atomic E-state index is 0.188. The number of aryl methyl sites for hydroxylation is 3. The predicted molar refractivity (Wildman–Crippen MR) is 114 cm³/mol. The third-order valence-electron chi connectivity index (χ3n) is 4.80. The smallest absolute Gasteiger partial charge is 0.260 e. The minimum atomic E-state index is -0.597. The van der Waals surface area contributed by atoms with Crippen molar-refractivity contribution in [2.75, 3.05) is 44.4 Å². The predicted octanol–water partition coefficient (Wildman–Crippen LogP) is 2.20. The molecule has 0 saturated carbocycles. The first-order valence-electron chi connectivity index (χ1n) is 10.2. The zero-order chi connectivity index (χ0) is 21.5. The molecule has 1 aliphatic heterocycles. The van der Waals surface area contributed by atoms with Gasteiger partial charge in [-0.25, -0.2) is 4.98 Å². The van der Waals surface area contributed by atoms with E-state index in [0.717, 1.165) is 35.8 Å². The Morgan fingerprint density at radius 2 is 1.97 bits per heavy atom. The van der Waals surface area contributed by atoms with Crippen molar-refractivity contribution in [1.82, 2.24) is 15.3 Å². The molecule has 8 heteroatoms. The molecule has 1 N–H and O–H groups in total. The molecule has 2 aromatic rings. The molecule has 162 valence electrons. The molecular weight excluding hydrogens is 384 g/mol. The maximum absolute atomic E-state index is 12.3. The van der Waals surface area contributed by atoms with Crippen molar-refractivity contribution in [1.29, 1.82) is 0 Å². The summed E-state index contributed by atoms with van der Waals surface area (Å²) in [7, 11) is 0. The van der Waals surface area contributed by atoms with Crippen molar-refractivity contribution in [2.24, 2.45) is 0 Å². The van der Waals surface area contributed by atoms with Crippen LogP contribution in [0.15, 0.2) is 24.3 Å². The molecule has 30 heavy (non-hydrogen) atoms. The lowest BCUT2D eigenvalue weighted by Crippen LogP contribution is -2.38. The second kappa shape index (κ2) is 10.2. The van der Waals surface area contributed by atoms with Crippen molar-refractivity contribution in [3.63, 3.8) is 0 Å². The fraction of sp³-hybridized carbons (Fsp3) is 0.500. The molecule has 1 aromatic carbocycles. The van der Waals surface area contributed by atoms with Crippen LogP contribution in [0.1, 0.15) is 23.9 Å². The van der Waals surface area contributed by atoms with E-state index in [1.165, 1.54) is 0 Å². The lowest BCUT2D eigenvalue weighted by molar-refractivity contribution is -0.127. The fourth-order valence-electron chi connectivity index (χ4n) is 3.11. The summed E-state index contributed by atoms with van der Waals surface area (Å²) in [5.41, 5.74) is 2.09. The highest BCUT2D eigenvalue weighted by molar-refractivity contribution is 5.80. The van der Waals surface area contributed by atoms with E-state index in [2.05, 4.69) is 20.2 Å². The molecule has 1 unspecified atom stereocenters. The highest BCUT2D eigenvalue weighted by Crippen LogP contribution is 2.21. The molecule has 2 heterocycles. The summed E-state index contributed by atoms with van der Waals surface area (Å²) >= 11 is 0. The monoisotopic (exact) mass is 414 g/mol. The molecular formula is C22H30N4O4. The van der Waals surface area contributed by atoms with E-state index in [9.17, 15) is 4.79 Å². The number of nitrogens with zero attached hydrogens (tertiary/aromatic N) is 3. The summed E-state index contributed by atoms with van der Waals surface area (Å²) in [4.78, 5) is 23.3. The Morgan fingerprint density at radius 3 is 2.73 bits per heavy atom. The summed E-state index contributed by atoms with van der Waals surface area (Å²) in [5.74, 6) is 2.51. The van der Waals surface area contributed by atoms with E-state index in [4.69, 9.17) is 14.2 Å². The van der Waals surface area contributed by atoms with Gasteiger partial charge in [0.25, 0.3) is 5.91 Å². The number of carbonyl (C=O) groups is 1. The zero-order valence-electron chi connectivity index (χ0n) is 18.1. The summed E-state index contributed by atoms with van der Waals surface area (Å²) in [5, 5.41) is 2.84. The van der Waals surface area contributed by atoms with Gasteiger partial charge >= 0.3 is 0 Å². The van der Waals surface area contributed by atoms with Crippen molar-refractivity contribution in [3.8, 4) is 11.6 Å². The number of aromatic nitrogens is 2. The van der Waals surface area contributed by atoms with Gasteiger partial charge in [0.2, 0.25) is 5.88 Å². The molecule has 8 nitrogen and oxygen atoms in total. The van der Waals surface area contributed by atoms with Crippen LogP contribution in [0.4, 0.5) is 5.82 Å². The first-order valence-corrected chi connectivity index (χ1v) is 10.2. The van der Waals surface area contributed by atoms with Crippen molar-refractivity contribution < 1.29 is 19.0 Å². The number of benzene rings is 1. The SMILES string of the molecule is Cc1ccc(C)c(OC(C)C(=O)NCCOc2cc(N3CCOCC3)nc(C)n2)c1. The lowest BCUT2D eigenvalue weighted by Gasteiger charge is -2.28. The molecule has 1 fully saturated rings. The Hall–Kier alpha value is -2.87. The number of anilines is 1. The summed E-state index contributed by atoms with van der Waals surface area (Å²) in [6.07, 6.45) is -0.597. The molecule has 0 radical (unpaired) electrons. The average molecular weight is 415 g/mol. The molecule has 0 aliphatic carbocycles. The maximum Gasteiger partial charge on any atom is 0.260 e. The Labute approximate surface area is 177 Å². The van der Waals surface area contributed by atoms with Gasteiger partial charge in [0.15, 0.2) is 6.10 Å². The highest BCUT2D eigenvalue weighted by Gasteiger charge is 2.16. The van der Waals surface area contributed by atoms with Crippen molar-refractivity contribution >= 4 is 11.7 Å². The minimum Gasteiger partial charge on any atom is -0.481 e. The number of ether oxygens (including phenoxy) is 3. The van der Waals surface area contributed by atoms with Gasteiger partial charge in [-0.1, -0.05) is 12.1 Å². The number of nitrogens with one attached hydrogen (secondary N) is 1. The Bertz CT molecular complexity index is 868. The van der Waals surface area contributed by atoms with Crippen molar-refractivity contribution in [2.45, 2.75) is 33.8 Å². The number of hydrogen-bond acceptors (Lipinski definition) is 7. The standard InChI is InChI=1S/C22H30N4O4/c1-15-5-6-16(2)19(13-15)30-17(3)22(27)23-7-10-29-21-14-20(24-18(4)25-21)26-8-11-28-12-9-26/h5-6,13-14,17H,7-12H2,1-4H3,(H,23,27). The molecule has 1 amide bonds. The van der Waals surface area contributed by atoms with Gasteiger partial charge in [0.1, 0.15) is 24.0 Å². The number of carbonyl (C=O) groups excluding carboxylic acids is 1. The van der Waals surface area contributed by atoms with Crippen LogP contribution in [0, 0.1) is 20.8 Å². The fourth-order valence-corrected chi connectivity index (χ4v) is 3.11. The van der Waals surface area contributed by atoms with E-state index >= 15 is 0 Å². The number of hydrogen-bond donors (Lipinski definition) is 1. The van der Waals surface area contributed by atoms with Gasteiger partial charge in [-0.3, -0.25) is 4.79 Å². The number of rotatable bonds is 8. The van der Waals surface area contributed by atoms with Gasteiger partial charge in [-0.05, 0) is 44.9 Å². The molecule has 1 atom stereocenters. The van der Waals surface area contributed by atoms with Crippen LogP contribution >= 0.6 is 0 Å². The van der Waals surface area contributed by atoms with E-state index in [1.807, 2.05) is 45.0 Å². The van der Waals surface area contributed by atoms with Crippen molar-refractivity contribution in [3.05, 3.63) is 41.2 Å². The normalized spacial score (nSPS) is 14.9. The Morgan fingerprint density at radius 1 is 1.20 bits per heavy atom. The highest BCUT2D eigenvalue weighted by atomic mass is 16.5. The number of amides is 1. The van der Waals surface area contributed by atoms with Gasteiger partial charge in [0, 0.05) is 19.2 Å². The Kier molecular flexibility index (Phi) is 7.46. The van der Waals surface area contributed by atoms with Crippen LogP contribution in [0.3, 0.4) is 0 Å². The third-order valence-corrected chi connectivity index (χ3v) is 4.80. The maximum atomic E-state index is 12.3. The molecule has 1 saturated heterocycles. The second-order valence-electron chi connectivity index (χ2n) is 7.38. The van der Waals surface area contributed by atoms with Crippen LogP contribution in [-0.4, -0.2) is 61.4 Å². The molecule has 0 bridgehead atoms. The van der Waals surface area contributed by atoms with Crippen LogP contribution in [0.5, 0.6) is 11.6 Å². The van der Waals surface area contributed by atoms with Crippen LogP contribution in [-0.2, 0) is 9.53 Å². The molecule has 1 aliphatic rings. The lowest BCUT2D eigenvalue weighted by atomic mass is 10.1. The van der Waals surface area contributed by atoms with E-state index in [0.29, 0.717) is 38.1 Å². The van der Waals surface area contributed by atoms with Crippen LogP contribution in [0.2, 0.25) is 0 Å². The average Bonchev–Trinajstić information content (AvgIpc) is 2.74. The third kappa shape index (κ3) is 6.06. The molecule has 3 rings (SSSR count). The van der Waals surface area contributed by atoms with Gasteiger partial charge in [0.05, 0.1) is 19.8 Å². The number of morpholine rings is 1. The summed E-state index contributed by atoms with van der Waals surface area (Å²) in [6.45, 7) is 11.2. The second-order valence-corrected chi connectivity index (χ2v) is 7.38. The van der Waals surface area contributed by atoms with Gasteiger partial charge in [-0.15, -0.1) is 0 Å². The largest absolute Gasteiger partial charge is 0.481 e. The van der Waals surface area contributed by atoms with E-state index < -0.39 is 6.10 Å². The first kappa shape index (κ1) is 21.8. The zero-order valence-corrected chi connectivity index (χ0v) is 18.1. The molecule has 1 aromatic heterocycles. The summed E-state index contributed by atoms with van der Waals surface area (Å²) in [6, 6.07) is 7.76. The first-order chi connectivity index (χ1) is 14.4. The Balaban J connectivity index is 1.46. The topological polar surface area (TPSA) is 85.8 Å². The summed E-state index contributed by atoms with van der Waals surface area (Å²) < 4.78 is 16.9. The van der Waals surface area contributed by atoms with Gasteiger partial charge in [-0.2, -0.15) is 4.98 Å². The van der Waals surface area contributed by atoms with Gasteiger partial charge < -0.3 is 24.4 Å². The van der Waals surface area contributed by atoms with Crippen LogP contribution < -0.4 is 19.7 Å². The van der Waals surface area contributed by atoms with E-state index in [-0.39, 0.29) is 5.91 Å². The quantitative estimate of drug-likeness (QED) is 0.663. The van der Waals surface area contributed by atoms with E-state index in [1.54, 1.807) is 6.92 Å². The molecule has 0 spiro atoms. The van der Waals surface area contributed by atoms with Crippen LogP contribution in [0.25, 0.3) is 0 Å².